The van der Waals surface area contributed by atoms with E-state index in [1.165, 1.54) is 32.1 Å². The molecule has 1 fully saturated rings. The molecule has 2 nitrogen and oxygen atoms in total. The maximum absolute atomic E-state index is 3.42. The van der Waals surface area contributed by atoms with Crippen LogP contribution in [0.2, 0.25) is 0 Å². The van der Waals surface area contributed by atoms with Crippen molar-refractivity contribution in [1.29, 1.82) is 0 Å². The van der Waals surface area contributed by atoms with E-state index in [9.17, 15) is 0 Å². The number of rotatable bonds is 6. The third-order valence-corrected chi connectivity index (χ3v) is 4.25. The van der Waals surface area contributed by atoms with Crippen molar-refractivity contribution in [2.45, 2.75) is 65.0 Å². The van der Waals surface area contributed by atoms with Gasteiger partial charge < -0.3 is 10.2 Å². The molecule has 16 heavy (non-hydrogen) atoms. The first-order chi connectivity index (χ1) is 7.65. The van der Waals surface area contributed by atoms with Crippen LogP contribution in [-0.4, -0.2) is 37.1 Å². The average molecular weight is 226 g/mol. The molecule has 1 aliphatic carbocycles. The Bertz CT molecular complexity index is 174. The summed E-state index contributed by atoms with van der Waals surface area (Å²) in [5.41, 5.74) is 0. The highest BCUT2D eigenvalue weighted by Crippen LogP contribution is 2.27. The molecule has 1 aliphatic rings. The van der Waals surface area contributed by atoms with Gasteiger partial charge in [0.25, 0.3) is 0 Å². The van der Waals surface area contributed by atoms with Crippen LogP contribution in [0.3, 0.4) is 0 Å². The first-order valence-electron chi connectivity index (χ1n) is 7.07. The first-order valence-corrected chi connectivity index (χ1v) is 7.07. The van der Waals surface area contributed by atoms with Gasteiger partial charge in [-0.3, -0.25) is 0 Å². The van der Waals surface area contributed by atoms with Crippen molar-refractivity contribution in [2.75, 3.05) is 20.1 Å². The lowest BCUT2D eigenvalue weighted by Crippen LogP contribution is -2.41. The summed E-state index contributed by atoms with van der Waals surface area (Å²) >= 11 is 0. The van der Waals surface area contributed by atoms with Crippen molar-refractivity contribution < 1.29 is 0 Å². The van der Waals surface area contributed by atoms with E-state index in [-0.39, 0.29) is 0 Å². The molecule has 0 saturated heterocycles. The van der Waals surface area contributed by atoms with Gasteiger partial charge in [0.2, 0.25) is 0 Å². The third-order valence-electron chi connectivity index (χ3n) is 4.25. The fourth-order valence-corrected chi connectivity index (χ4v) is 2.70. The minimum absolute atomic E-state index is 0.720. The van der Waals surface area contributed by atoms with E-state index in [4.69, 9.17) is 0 Å². The Hall–Kier alpha value is -0.0800. The van der Waals surface area contributed by atoms with Crippen LogP contribution < -0.4 is 5.32 Å². The van der Waals surface area contributed by atoms with Gasteiger partial charge in [0.15, 0.2) is 0 Å². The number of hydrogen-bond donors (Lipinski definition) is 1. The summed E-state index contributed by atoms with van der Waals surface area (Å²) in [5.74, 6) is 0.960. The zero-order chi connectivity index (χ0) is 12.0. The average Bonchev–Trinajstić information content (AvgIpc) is 2.29. The topological polar surface area (TPSA) is 15.3 Å². The van der Waals surface area contributed by atoms with Gasteiger partial charge in [-0.25, -0.2) is 0 Å². The van der Waals surface area contributed by atoms with Gasteiger partial charge in [0.05, 0.1) is 0 Å². The van der Waals surface area contributed by atoms with E-state index < -0.39 is 0 Å². The molecule has 0 aromatic heterocycles. The van der Waals surface area contributed by atoms with E-state index in [0.29, 0.717) is 0 Å². The first kappa shape index (κ1) is 14.0. The van der Waals surface area contributed by atoms with Gasteiger partial charge in [0.1, 0.15) is 0 Å². The summed E-state index contributed by atoms with van der Waals surface area (Å²) in [6.45, 7) is 9.19. The second-order valence-electron chi connectivity index (χ2n) is 5.57. The van der Waals surface area contributed by atoms with Gasteiger partial charge in [-0.2, -0.15) is 0 Å². The largest absolute Gasteiger partial charge is 0.317 e. The Morgan fingerprint density at radius 2 is 1.88 bits per heavy atom. The molecule has 0 heterocycles. The summed E-state index contributed by atoms with van der Waals surface area (Å²) < 4.78 is 0. The highest BCUT2D eigenvalue weighted by molar-refractivity contribution is 4.79. The molecule has 96 valence electrons. The second-order valence-corrected chi connectivity index (χ2v) is 5.57. The van der Waals surface area contributed by atoms with E-state index in [0.717, 1.165) is 31.1 Å². The van der Waals surface area contributed by atoms with Crippen LogP contribution in [0.15, 0.2) is 0 Å². The van der Waals surface area contributed by atoms with Crippen LogP contribution in [0, 0.1) is 5.92 Å². The van der Waals surface area contributed by atoms with Crippen molar-refractivity contribution in [1.82, 2.24) is 10.2 Å². The van der Waals surface area contributed by atoms with Crippen molar-refractivity contribution in [3.05, 3.63) is 0 Å². The van der Waals surface area contributed by atoms with Gasteiger partial charge in [0, 0.05) is 12.1 Å². The van der Waals surface area contributed by atoms with Crippen molar-refractivity contribution in [3.8, 4) is 0 Å². The minimum Gasteiger partial charge on any atom is -0.317 e. The van der Waals surface area contributed by atoms with Gasteiger partial charge in [-0.05, 0) is 65.1 Å². The number of nitrogens with zero attached hydrogens (tertiary/aromatic N) is 1. The quantitative estimate of drug-likeness (QED) is 0.701. The summed E-state index contributed by atoms with van der Waals surface area (Å²) in [4.78, 5) is 2.61. The molecular formula is C14H30N2. The molecule has 1 unspecified atom stereocenters. The Balaban J connectivity index is 2.24. The second kappa shape index (κ2) is 7.29. The smallest absolute Gasteiger partial charge is 0.00952 e. The standard InChI is InChI=1S/C14H30N2/c1-5-15-11-10-13(3)16(4)14-8-6-12(2)7-9-14/h12-15H,5-11H2,1-4H3. The summed E-state index contributed by atoms with van der Waals surface area (Å²) in [6.07, 6.45) is 6.94. The van der Waals surface area contributed by atoms with Crippen LogP contribution in [0.4, 0.5) is 0 Å². The van der Waals surface area contributed by atoms with Gasteiger partial charge >= 0.3 is 0 Å². The minimum atomic E-state index is 0.720. The normalized spacial score (nSPS) is 28.3. The predicted octanol–water partition coefficient (Wildman–Crippen LogP) is 2.89. The van der Waals surface area contributed by atoms with Crippen molar-refractivity contribution >= 4 is 0 Å². The van der Waals surface area contributed by atoms with Crippen LogP contribution in [0.25, 0.3) is 0 Å². The highest BCUT2D eigenvalue weighted by atomic mass is 15.2. The maximum Gasteiger partial charge on any atom is 0.00952 e. The lowest BCUT2D eigenvalue weighted by Gasteiger charge is -2.37. The SMILES string of the molecule is CCNCCC(C)N(C)C1CCC(C)CC1. The lowest BCUT2D eigenvalue weighted by atomic mass is 9.86. The highest BCUT2D eigenvalue weighted by Gasteiger charge is 2.24. The molecule has 1 rings (SSSR count). The van der Waals surface area contributed by atoms with Crippen molar-refractivity contribution in [2.24, 2.45) is 5.92 Å². The fourth-order valence-electron chi connectivity index (χ4n) is 2.70. The number of nitrogens with one attached hydrogen (secondary N) is 1. The summed E-state index contributed by atoms with van der Waals surface area (Å²) in [7, 11) is 2.32. The lowest BCUT2D eigenvalue weighted by molar-refractivity contribution is 0.126. The molecule has 0 amide bonds. The van der Waals surface area contributed by atoms with Crippen molar-refractivity contribution in [3.63, 3.8) is 0 Å². The fraction of sp³-hybridized carbons (Fsp3) is 1.00. The van der Waals surface area contributed by atoms with Crippen LogP contribution >= 0.6 is 0 Å². The Morgan fingerprint density at radius 1 is 1.25 bits per heavy atom. The molecule has 0 radical (unpaired) electrons. The molecule has 0 aromatic rings. The maximum atomic E-state index is 3.42. The molecule has 0 aliphatic heterocycles. The van der Waals surface area contributed by atoms with Crippen LogP contribution in [-0.2, 0) is 0 Å². The van der Waals surface area contributed by atoms with E-state index in [2.05, 4.69) is 38.0 Å². The monoisotopic (exact) mass is 226 g/mol. The zero-order valence-corrected chi connectivity index (χ0v) is 11.6. The van der Waals surface area contributed by atoms with Crippen LogP contribution in [0.1, 0.15) is 52.9 Å². The molecule has 1 N–H and O–H groups in total. The van der Waals surface area contributed by atoms with Gasteiger partial charge in [-0.1, -0.05) is 13.8 Å². The summed E-state index contributed by atoms with van der Waals surface area (Å²) in [5, 5.41) is 3.42. The van der Waals surface area contributed by atoms with Crippen LogP contribution in [0.5, 0.6) is 0 Å². The van der Waals surface area contributed by atoms with E-state index >= 15 is 0 Å². The third kappa shape index (κ3) is 4.42. The molecule has 1 atom stereocenters. The van der Waals surface area contributed by atoms with Gasteiger partial charge in [-0.15, -0.1) is 0 Å². The predicted molar refractivity (Wildman–Crippen MR) is 71.8 cm³/mol. The Labute approximate surface area is 102 Å². The Morgan fingerprint density at radius 3 is 2.44 bits per heavy atom. The molecule has 2 heteroatoms. The molecule has 0 bridgehead atoms. The molecular weight excluding hydrogens is 196 g/mol. The molecule has 0 spiro atoms. The Kier molecular flexibility index (Phi) is 6.37. The summed E-state index contributed by atoms with van der Waals surface area (Å²) in [6, 6.07) is 1.56. The zero-order valence-electron chi connectivity index (χ0n) is 11.6. The molecule has 0 aromatic carbocycles. The van der Waals surface area contributed by atoms with E-state index in [1.54, 1.807) is 0 Å². The molecule has 1 saturated carbocycles. The number of hydrogen-bond acceptors (Lipinski definition) is 2. The van der Waals surface area contributed by atoms with E-state index in [1.807, 2.05) is 0 Å².